The van der Waals surface area contributed by atoms with Gasteiger partial charge in [-0.05, 0) is 49.1 Å². The molecule has 7 heteroatoms. The minimum Gasteiger partial charge on any atom is -0.496 e. The number of benzene rings is 2. The van der Waals surface area contributed by atoms with E-state index in [9.17, 15) is 4.79 Å². The number of carbonyl (C=O) groups is 1. The molecule has 2 aromatic carbocycles. The van der Waals surface area contributed by atoms with Gasteiger partial charge < -0.3 is 20.7 Å². The average molecular weight is 522 g/mol. The molecule has 6 nitrogen and oxygen atoms in total. The van der Waals surface area contributed by atoms with E-state index in [1.165, 1.54) is 0 Å². The van der Waals surface area contributed by atoms with Crippen LogP contribution in [0, 0.1) is 12.8 Å². The van der Waals surface area contributed by atoms with Crippen LogP contribution in [0.5, 0.6) is 5.75 Å². The van der Waals surface area contributed by atoms with Crippen molar-refractivity contribution in [1.29, 1.82) is 0 Å². The van der Waals surface area contributed by atoms with E-state index < -0.39 is 0 Å². The fraction of sp³-hybridized carbons (Fsp3) is 0.391. The number of methoxy groups -OCH3 is 1. The first kappa shape index (κ1) is 24.0. The quantitative estimate of drug-likeness (QED) is 0.289. The second kappa shape index (κ2) is 11.8. The zero-order chi connectivity index (χ0) is 20.6. The van der Waals surface area contributed by atoms with Crippen molar-refractivity contribution in [3.05, 3.63) is 59.2 Å². The third-order valence-electron chi connectivity index (χ3n) is 5.24. The summed E-state index contributed by atoms with van der Waals surface area (Å²) in [5, 5.41) is 9.66. The minimum absolute atomic E-state index is 0. The molecule has 0 atom stereocenters. The number of aryl methyl sites for hydroxylation is 1. The average Bonchev–Trinajstić information content (AvgIpc) is 2.67. The molecule has 0 heterocycles. The van der Waals surface area contributed by atoms with E-state index in [-0.39, 0.29) is 35.8 Å². The number of hydrogen-bond acceptors (Lipinski definition) is 3. The standard InChI is InChI=1S/C23H30N4O2.HI/c1-16-10-11-19(21(12-16)29-3)15-26-23(24-2)25-14-17-6-4-9-20(13-17)27-22(28)18-7-5-8-18;/h4,6,9-13,18H,5,7-8,14-15H2,1-3H3,(H,27,28)(H2,24,25,26);1H. The molecule has 0 spiro atoms. The number of ether oxygens (including phenoxy) is 1. The van der Waals surface area contributed by atoms with Crippen LogP contribution in [-0.4, -0.2) is 26.0 Å². The number of halogens is 1. The maximum Gasteiger partial charge on any atom is 0.227 e. The van der Waals surface area contributed by atoms with Crippen LogP contribution < -0.4 is 20.7 Å². The normalized spacial score (nSPS) is 13.6. The fourth-order valence-corrected chi connectivity index (χ4v) is 3.26. The lowest BCUT2D eigenvalue weighted by molar-refractivity contribution is -0.122. The van der Waals surface area contributed by atoms with Crippen LogP contribution >= 0.6 is 24.0 Å². The maximum atomic E-state index is 12.1. The number of nitrogens with one attached hydrogen (secondary N) is 3. The van der Waals surface area contributed by atoms with Crippen molar-refractivity contribution in [3.8, 4) is 5.75 Å². The highest BCUT2D eigenvalue weighted by molar-refractivity contribution is 14.0. The zero-order valence-electron chi connectivity index (χ0n) is 17.8. The van der Waals surface area contributed by atoms with Gasteiger partial charge in [0.25, 0.3) is 0 Å². The minimum atomic E-state index is 0. The molecule has 3 N–H and O–H groups in total. The van der Waals surface area contributed by atoms with E-state index in [1.54, 1.807) is 14.2 Å². The van der Waals surface area contributed by atoms with Crippen molar-refractivity contribution in [3.63, 3.8) is 0 Å². The fourth-order valence-electron chi connectivity index (χ4n) is 3.26. The van der Waals surface area contributed by atoms with Crippen molar-refractivity contribution in [1.82, 2.24) is 10.6 Å². The Kier molecular flexibility index (Phi) is 9.42. The third-order valence-corrected chi connectivity index (χ3v) is 5.24. The summed E-state index contributed by atoms with van der Waals surface area (Å²) in [4.78, 5) is 16.4. The molecule has 0 saturated heterocycles. The van der Waals surface area contributed by atoms with E-state index in [2.05, 4.69) is 33.1 Å². The molecular weight excluding hydrogens is 491 g/mol. The molecule has 0 aliphatic heterocycles. The molecule has 0 radical (unpaired) electrons. The highest BCUT2D eigenvalue weighted by atomic mass is 127. The van der Waals surface area contributed by atoms with Crippen molar-refractivity contribution < 1.29 is 9.53 Å². The molecule has 0 aromatic heterocycles. The number of guanidine groups is 1. The van der Waals surface area contributed by atoms with Gasteiger partial charge in [-0.1, -0.05) is 30.7 Å². The maximum absolute atomic E-state index is 12.1. The predicted octanol–water partition coefficient (Wildman–Crippen LogP) is 4.23. The van der Waals surface area contributed by atoms with Gasteiger partial charge in [0.1, 0.15) is 5.75 Å². The summed E-state index contributed by atoms with van der Waals surface area (Å²) in [7, 11) is 3.43. The summed E-state index contributed by atoms with van der Waals surface area (Å²) in [6.45, 7) is 3.27. The summed E-state index contributed by atoms with van der Waals surface area (Å²) in [6, 6.07) is 14.1. The largest absolute Gasteiger partial charge is 0.496 e. The second-order valence-corrected chi connectivity index (χ2v) is 7.41. The first-order valence-corrected chi connectivity index (χ1v) is 10.1. The lowest BCUT2D eigenvalue weighted by atomic mass is 9.85. The van der Waals surface area contributed by atoms with Gasteiger partial charge in [-0.3, -0.25) is 9.79 Å². The summed E-state index contributed by atoms with van der Waals surface area (Å²) >= 11 is 0. The third kappa shape index (κ3) is 6.62. The first-order valence-electron chi connectivity index (χ1n) is 10.1. The Bertz CT molecular complexity index is 881. The summed E-state index contributed by atoms with van der Waals surface area (Å²) in [5.41, 5.74) is 4.15. The summed E-state index contributed by atoms with van der Waals surface area (Å²) < 4.78 is 5.46. The highest BCUT2D eigenvalue weighted by Gasteiger charge is 2.25. The molecule has 0 unspecified atom stereocenters. The first-order chi connectivity index (χ1) is 14.1. The lowest BCUT2D eigenvalue weighted by Crippen LogP contribution is -2.36. The summed E-state index contributed by atoms with van der Waals surface area (Å²) in [6.07, 6.45) is 3.16. The van der Waals surface area contributed by atoms with Crippen molar-refractivity contribution >= 4 is 41.5 Å². The van der Waals surface area contributed by atoms with Gasteiger partial charge in [0.05, 0.1) is 7.11 Å². The Morgan fingerprint density at radius 2 is 1.90 bits per heavy atom. The Hall–Kier alpha value is -2.29. The SMILES string of the molecule is CN=C(NCc1cccc(NC(=O)C2CCC2)c1)NCc1ccc(C)cc1OC.I. The molecule has 162 valence electrons. The van der Waals surface area contributed by atoms with Gasteiger partial charge in [-0.25, -0.2) is 0 Å². The monoisotopic (exact) mass is 522 g/mol. The van der Waals surface area contributed by atoms with Gasteiger partial charge in [0, 0.05) is 37.3 Å². The van der Waals surface area contributed by atoms with E-state index in [4.69, 9.17) is 4.74 Å². The number of nitrogens with zero attached hydrogens (tertiary/aromatic N) is 1. The molecule has 1 aliphatic carbocycles. The van der Waals surface area contributed by atoms with Crippen LogP contribution in [0.3, 0.4) is 0 Å². The number of anilines is 1. The van der Waals surface area contributed by atoms with E-state index in [0.29, 0.717) is 19.0 Å². The van der Waals surface area contributed by atoms with Crippen LogP contribution in [-0.2, 0) is 17.9 Å². The molecule has 1 fully saturated rings. The van der Waals surface area contributed by atoms with Gasteiger partial charge in [0.2, 0.25) is 5.91 Å². The Labute approximate surface area is 195 Å². The number of amides is 1. The van der Waals surface area contributed by atoms with Crippen molar-refractivity contribution in [2.45, 2.75) is 39.3 Å². The Balaban J connectivity index is 0.00000320. The molecule has 1 saturated carbocycles. The van der Waals surface area contributed by atoms with E-state index in [1.807, 2.05) is 37.3 Å². The zero-order valence-corrected chi connectivity index (χ0v) is 20.2. The predicted molar refractivity (Wildman–Crippen MR) is 133 cm³/mol. The van der Waals surface area contributed by atoms with E-state index in [0.717, 1.165) is 47.4 Å². The van der Waals surface area contributed by atoms with Gasteiger partial charge in [-0.2, -0.15) is 0 Å². The molecule has 2 aromatic rings. The highest BCUT2D eigenvalue weighted by Crippen LogP contribution is 2.27. The Morgan fingerprint density at radius 3 is 2.57 bits per heavy atom. The van der Waals surface area contributed by atoms with Crippen molar-refractivity contribution in [2.24, 2.45) is 10.9 Å². The van der Waals surface area contributed by atoms with Crippen LogP contribution in [0.25, 0.3) is 0 Å². The molecule has 30 heavy (non-hydrogen) atoms. The van der Waals surface area contributed by atoms with Gasteiger partial charge in [-0.15, -0.1) is 24.0 Å². The van der Waals surface area contributed by atoms with Crippen molar-refractivity contribution in [2.75, 3.05) is 19.5 Å². The second-order valence-electron chi connectivity index (χ2n) is 7.41. The number of rotatable bonds is 7. The molecule has 3 rings (SSSR count). The van der Waals surface area contributed by atoms with Crippen LogP contribution in [0.15, 0.2) is 47.5 Å². The van der Waals surface area contributed by atoms with Gasteiger partial charge >= 0.3 is 0 Å². The summed E-state index contributed by atoms with van der Waals surface area (Å²) in [5.74, 6) is 1.88. The molecule has 1 aliphatic rings. The Morgan fingerprint density at radius 1 is 1.13 bits per heavy atom. The number of aliphatic imine (C=N–C) groups is 1. The van der Waals surface area contributed by atoms with Crippen LogP contribution in [0.2, 0.25) is 0 Å². The van der Waals surface area contributed by atoms with Crippen LogP contribution in [0.4, 0.5) is 5.69 Å². The van der Waals surface area contributed by atoms with Gasteiger partial charge in [0.15, 0.2) is 5.96 Å². The lowest BCUT2D eigenvalue weighted by Gasteiger charge is -2.24. The molecular formula is C23H31IN4O2. The van der Waals surface area contributed by atoms with E-state index >= 15 is 0 Å². The topological polar surface area (TPSA) is 74.8 Å². The number of carbonyl (C=O) groups excluding carboxylic acids is 1. The molecule has 1 amide bonds. The number of hydrogen-bond donors (Lipinski definition) is 3. The smallest absolute Gasteiger partial charge is 0.227 e. The molecule has 0 bridgehead atoms. The van der Waals surface area contributed by atoms with Crippen LogP contribution in [0.1, 0.15) is 36.0 Å².